The van der Waals surface area contributed by atoms with Crippen LogP contribution in [0.2, 0.25) is 0 Å². The number of nitrogens with one attached hydrogen (secondary N) is 1. The number of likely N-dealkylation sites (N-methyl/N-ethyl adjacent to an activating group) is 1. The Morgan fingerprint density at radius 3 is 2.76 bits per heavy atom. The zero-order valence-corrected chi connectivity index (χ0v) is 16.8. The van der Waals surface area contributed by atoms with Crippen molar-refractivity contribution in [2.24, 2.45) is 0 Å². The molecule has 6 nitrogen and oxygen atoms in total. The van der Waals surface area contributed by atoms with Gasteiger partial charge in [-0.2, -0.15) is 18.3 Å². The SMILES string of the molecule is CN1CCc2c(C(=O)NCCn3nc(C(F)(F)F)c4c3CCCC4)csc2C1=O. The molecule has 0 saturated heterocycles. The average molecular weight is 426 g/mol. The van der Waals surface area contributed by atoms with Crippen molar-refractivity contribution < 1.29 is 22.8 Å². The third kappa shape index (κ3) is 3.65. The average Bonchev–Trinajstić information content (AvgIpc) is 3.27. The van der Waals surface area contributed by atoms with Crippen molar-refractivity contribution in [2.75, 3.05) is 20.1 Å². The quantitative estimate of drug-likeness (QED) is 0.818. The number of halogens is 3. The van der Waals surface area contributed by atoms with Gasteiger partial charge in [0, 0.05) is 36.8 Å². The predicted molar refractivity (Wildman–Crippen MR) is 101 cm³/mol. The number of aromatic nitrogens is 2. The van der Waals surface area contributed by atoms with Gasteiger partial charge in [-0.05, 0) is 37.7 Å². The molecule has 0 spiro atoms. The number of hydrogen-bond donors (Lipinski definition) is 1. The number of rotatable bonds is 4. The van der Waals surface area contributed by atoms with Crippen LogP contribution in [0.4, 0.5) is 13.2 Å². The minimum absolute atomic E-state index is 0.0850. The molecule has 156 valence electrons. The molecule has 0 unspecified atom stereocenters. The molecule has 0 saturated carbocycles. The van der Waals surface area contributed by atoms with Crippen molar-refractivity contribution in [1.29, 1.82) is 0 Å². The first-order chi connectivity index (χ1) is 13.8. The molecule has 0 aromatic carbocycles. The molecule has 1 aliphatic heterocycles. The van der Waals surface area contributed by atoms with Crippen LogP contribution in [0.5, 0.6) is 0 Å². The van der Waals surface area contributed by atoms with Crippen molar-refractivity contribution in [3.63, 3.8) is 0 Å². The number of hydrogen-bond acceptors (Lipinski definition) is 4. The number of carbonyl (C=O) groups excluding carboxylic acids is 2. The summed E-state index contributed by atoms with van der Waals surface area (Å²) in [6.07, 6.45) is -1.32. The number of nitrogens with zero attached hydrogens (tertiary/aromatic N) is 3. The number of alkyl halides is 3. The van der Waals surface area contributed by atoms with Crippen molar-refractivity contribution in [3.8, 4) is 0 Å². The Labute approximate surface area is 169 Å². The predicted octanol–water partition coefficient (Wildman–Crippen LogP) is 2.90. The van der Waals surface area contributed by atoms with Gasteiger partial charge in [0.15, 0.2) is 5.69 Å². The van der Waals surface area contributed by atoms with E-state index in [1.165, 1.54) is 16.0 Å². The van der Waals surface area contributed by atoms with E-state index in [9.17, 15) is 22.8 Å². The molecule has 0 atom stereocenters. The van der Waals surface area contributed by atoms with E-state index in [4.69, 9.17) is 0 Å². The van der Waals surface area contributed by atoms with Gasteiger partial charge in [0.1, 0.15) is 0 Å². The van der Waals surface area contributed by atoms with Gasteiger partial charge in [-0.15, -0.1) is 11.3 Å². The van der Waals surface area contributed by atoms with E-state index < -0.39 is 11.9 Å². The molecule has 29 heavy (non-hydrogen) atoms. The van der Waals surface area contributed by atoms with Crippen molar-refractivity contribution >= 4 is 23.2 Å². The first kappa shape index (κ1) is 19.9. The largest absolute Gasteiger partial charge is 0.435 e. The highest BCUT2D eigenvalue weighted by atomic mass is 32.1. The van der Waals surface area contributed by atoms with E-state index in [1.54, 1.807) is 17.3 Å². The van der Waals surface area contributed by atoms with Crippen LogP contribution in [0.3, 0.4) is 0 Å². The first-order valence-electron chi connectivity index (χ1n) is 9.57. The van der Waals surface area contributed by atoms with Crippen LogP contribution in [0, 0.1) is 0 Å². The first-order valence-corrected chi connectivity index (χ1v) is 10.4. The van der Waals surface area contributed by atoms with E-state index in [0.29, 0.717) is 47.5 Å². The molecule has 0 fully saturated rings. The van der Waals surface area contributed by atoms with E-state index in [2.05, 4.69) is 10.4 Å². The standard InChI is InChI=1S/C19H21F3N4O2S/c1-25-8-6-11-13(10-29-15(11)18(25)28)17(27)23-7-9-26-14-5-3-2-4-12(14)16(24-26)19(20,21)22/h10H,2-9H2,1H3,(H,23,27). The molecule has 2 aromatic heterocycles. The highest BCUT2D eigenvalue weighted by Crippen LogP contribution is 2.35. The second-order valence-electron chi connectivity index (χ2n) is 7.39. The maximum Gasteiger partial charge on any atom is 0.435 e. The summed E-state index contributed by atoms with van der Waals surface area (Å²) in [5, 5.41) is 8.24. The zero-order valence-electron chi connectivity index (χ0n) is 15.9. The Bertz CT molecular complexity index is 964. The Balaban J connectivity index is 1.45. The fourth-order valence-corrected chi connectivity index (χ4v) is 5.11. The normalized spacial score (nSPS) is 16.6. The van der Waals surface area contributed by atoms with Crippen LogP contribution in [0.15, 0.2) is 5.38 Å². The van der Waals surface area contributed by atoms with Gasteiger partial charge < -0.3 is 10.2 Å². The molecule has 4 rings (SSSR count). The minimum Gasteiger partial charge on any atom is -0.350 e. The number of amides is 2. The van der Waals surface area contributed by atoms with Gasteiger partial charge in [0.05, 0.1) is 17.0 Å². The van der Waals surface area contributed by atoms with Gasteiger partial charge in [0.25, 0.3) is 11.8 Å². The molecule has 0 radical (unpaired) electrons. The molecule has 3 heterocycles. The Kier molecular flexibility index (Phi) is 5.14. The zero-order chi connectivity index (χ0) is 20.8. The maximum atomic E-state index is 13.3. The third-order valence-corrected chi connectivity index (χ3v) is 6.52. The molecule has 2 amide bonds. The topological polar surface area (TPSA) is 67.2 Å². The summed E-state index contributed by atoms with van der Waals surface area (Å²) >= 11 is 1.25. The molecule has 2 aromatic rings. The third-order valence-electron chi connectivity index (χ3n) is 5.51. The summed E-state index contributed by atoms with van der Waals surface area (Å²) in [4.78, 5) is 27.0. The summed E-state index contributed by atoms with van der Waals surface area (Å²) in [5.41, 5.74) is 1.35. The van der Waals surface area contributed by atoms with Gasteiger partial charge in [0.2, 0.25) is 0 Å². The fraction of sp³-hybridized carbons (Fsp3) is 0.526. The minimum atomic E-state index is -4.47. The van der Waals surface area contributed by atoms with E-state index >= 15 is 0 Å². The summed E-state index contributed by atoms with van der Waals surface area (Å²) in [7, 11) is 1.73. The monoisotopic (exact) mass is 426 g/mol. The molecular formula is C19H21F3N4O2S. The lowest BCUT2D eigenvalue weighted by atomic mass is 9.95. The molecular weight excluding hydrogens is 405 g/mol. The van der Waals surface area contributed by atoms with Crippen LogP contribution in [0.25, 0.3) is 0 Å². The van der Waals surface area contributed by atoms with Gasteiger partial charge >= 0.3 is 6.18 Å². The highest BCUT2D eigenvalue weighted by molar-refractivity contribution is 7.12. The van der Waals surface area contributed by atoms with Gasteiger partial charge in [-0.25, -0.2) is 0 Å². The molecule has 1 aliphatic carbocycles. The summed E-state index contributed by atoms with van der Waals surface area (Å²) in [6, 6.07) is 0. The smallest absolute Gasteiger partial charge is 0.350 e. The van der Waals surface area contributed by atoms with Crippen molar-refractivity contribution in [2.45, 2.75) is 44.8 Å². The lowest BCUT2D eigenvalue weighted by Gasteiger charge is -2.22. The summed E-state index contributed by atoms with van der Waals surface area (Å²) in [6.45, 7) is 0.906. The Morgan fingerprint density at radius 2 is 2.00 bits per heavy atom. The second-order valence-corrected chi connectivity index (χ2v) is 8.27. The summed E-state index contributed by atoms with van der Waals surface area (Å²) in [5.74, 6) is -0.393. The molecule has 2 aliphatic rings. The van der Waals surface area contributed by atoms with Crippen molar-refractivity contribution in [1.82, 2.24) is 20.0 Å². The Morgan fingerprint density at radius 1 is 1.24 bits per heavy atom. The lowest BCUT2D eigenvalue weighted by molar-refractivity contribution is -0.142. The van der Waals surface area contributed by atoms with Gasteiger partial charge in [-0.1, -0.05) is 0 Å². The van der Waals surface area contributed by atoms with Crippen LogP contribution >= 0.6 is 11.3 Å². The second kappa shape index (κ2) is 7.47. The number of fused-ring (bicyclic) bond motifs is 2. The van der Waals surface area contributed by atoms with Crippen LogP contribution < -0.4 is 5.32 Å². The lowest BCUT2D eigenvalue weighted by Crippen LogP contribution is -2.34. The summed E-state index contributed by atoms with van der Waals surface area (Å²) < 4.78 is 41.2. The van der Waals surface area contributed by atoms with E-state index in [0.717, 1.165) is 18.4 Å². The van der Waals surface area contributed by atoms with E-state index in [-0.39, 0.29) is 24.9 Å². The van der Waals surface area contributed by atoms with E-state index in [1.807, 2.05) is 0 Å². The van der Waals surface area contributed by atoms with Crippen LogP contribution in [0.1, 0.15) is 55.4 Å². The van der Waals surface area contributed by atoms with Crippen LogP contribution in [-0.4, -0.2) is 46.6 Å². The van der Waals surface area contributed by atoms with Gasteiger partial charge in [-0.3, -0.25) is 14.3 Å². The molecule has 10 heteroatoms. The number of thiophene rings is 1. The molecule has 1 N–H and O–H groups in total. The highest BCUT2D eigenvalue weighted by Gasteiger charge is 2.39. The molecule has 0 bridgehead atoms. The Hall–Kier alpha value is -2.36. The number of carbonyl (C=O) groups is 2. The van der Waals surface area contributed by atoms with Crippen LogP contribution in [-0.2, 0) is 32.0 Å². The fourth-order valence-electron chi connectivity index (χ4n) is 4.01. The maximum absolute atomic E-state index is 13.3. The van der Waals surface area contributed by atoms with Crippen molar-refractivity contribution in [3.05, 3.63) is 38.3 Å².